The van der Waals surface area contributed by atoms with E-state index in [1.54, 1.807) is 28.8 Å². The summed E-state index contributed by atoms with van der Waals surface area (Å²) < 4.78 is 1.78. The van der Waals surface area contributed by atoms with E-state index in [0.29, 0.717) is 29.7 Å². The van der Waals surface area contributed by atoms with Crippen molar-refractivity contribution in [1.29, 1.82) is 0 Å². The molecule has 0 unspecified atom stereocenters. The summed E-state index contributed by atoms with van der Waals surface area (Å²) in [4.78, 5) is 14.7. The highest BCUT2D eigenvalue weighted by atomic mass is 16.3. The van der Waals surface area contributed by atoms with Gasteiger partial charge < -0.3 is 9.51 Å². The van der Waals surface area contributed by atoms with Crippen LogP contribution in [0.15, 0.2) is 30.6 Å². The quantitative estimate of drug-likeness (QED) is 0.853. The molecule has 0 aliphatic heterocycles. The topological polar surface area (TPSA) is 45.0 Å². The Labute approximate surface area is 119 Å². The van der Waals surface area contributed by atoms with E-state index in [9.17, 15) is 9.90 Å². The Bertz CT molecular complexity index is 606. The molecule has 0 radical (unpaired) electrons. The van der Waals surface area contributed by atoms with Gasteiger partial charge in [-0.15, -0.1) is 0 Å². The smallest absolute Gasteiger partial charge is 0.179 e. The van der Waals surface area contributed by atoms with Gasteiger partial charge in [0.2, 0.25) is 0 Å². The number of carbonyl (C=O) groups excluding carboxylic acids is 1. The van der Waals surface area contributed by atoms with Crippen LogP contribution in [0.4, 0.5) is 0 Å². The van der Waals surface area contributed by atoms with Gasteiger partial charge in [-0.25, -0.2) is 0 Å². The number of nitrogens with zero attached hydrogens (tertiary/aromatic N) is 2. The lowest BCUT2D eigenvalue weighted by molar-refractivity contribution is 0.0868. The maximum Gasteiger partial charge on any atom is 0.179 e. The Kier molecular flexibility index (Phi) is 4.14. The number of rotatable bonds is 5. The van der Waals surface area contributed by atoms with Gasteiger partial charge in [0.25, 0.3) is 0 Å². The molecule has 2 heterocycles. The largest absolute Gasteiger partial charge is 0.506 e. The zero-order valence-corrected chi connectivity index (χ0v) is 12.5. The molecule has 2 aromatic heterocycles. The second-order valence-corrected chi connectivity index (χ2v) is 5.66. The third kappa shape index (κ3) is 2.70. The number of aromatic hydroxyl groups is 1. The summed E-state index contributed by atoms with van der Waals surface area (Å²) in [5, 5.41) is 9.96. The maximum atomic E-state index is 12.5. The van der Waals surface area contributed by atoms with Crippen LogP contribution in [0.3, 0.4) is 0 Å². The number of aromatic nitrogens is 1. The van der Waals surface area contributed by atoms with Gasteiger partial charge in [0.1, 0.15) is 5.75 Å². The SMILES string of the molecule is CC(C)N(CC(=O)c1ccn2cccc(O)c12)C(C)C. The lowest BCUT2D eigenvalue weighted by atomic mass is 10.1. The highest BCUT2D eigenvalue weighted by Crippen LogP contribution is 2.24. The van der Waals surface area contributed by atoms with Gasteiger partial charge in [-0.05, 0) is 45.9 Å². The van der Waals surface area contributed by atoms with Crippen molar-refractivity contribution in [3.63, 3.8) is 0 Å². The van der Waals surface area contributed by atoms with E-state index in [1.807, 2.05) is 6.20 Å². The molecule has 0 saturated heterocycles. The molecule has 0 atom stereocenters. The number of fused-ring (bicyclic) bond motifs is 1. The molecule has 0 aromatic carbocycles. The summed E-state index contributed by atoms with van der Waals surface area (Å²) in [6.45, 7) is 8.71. The Balaban J connectivity index is 2.32. The van der Waals surface area contributed by atoms with E-state index in [-0.39, 0.29) is 11.5 Å². The minimum atomic E-state index is 0.0383. The monoisotopic (exact) mass is 274 g/mol. The van der Waals surface area contributed by atoms with Crippen LogP contribution >= 0.6 is 0 Å². The number of pyridine rings is 1. The van der Waals surface area contributed by atoms with Gasteiger partial charge in [-0.2, -0.15) is 0 Å². The number of hydrogen-bond acceptors (Lipinski definition) is 3. The Hall–Kier alpha value is -1.81. The highest BCUT2D eigenvalue weighted by Gasteiger charge is 2.20. The fraction of sp³-hybridized carbons (Fsp3) is 0.438. The van der Waals surface area contributed by atoms with Crippen LogP contribution in [-0.4, -0.2) is 38.8 Å². The Morgan fingerprint density at radius 2 is 1.85 bits per heavy atom. The summed E-state index contributed by atoms with van der Waals surface area (Å²) in [5.41, 5.74) is 1.17. The first-order valence-corrected chi connectivity index (χ1v) is 6.99. The van der Waals surface area contributed by atoms with Crippen LogP contribution in [0.1, 0.15) is 38.1 Å². The van der Waals surface area contributed by atoms with Crippen molar-refractivity contribution in [2.45, 2.75) is 39.8 Å². The molecular formula is C16H22N2O2. The summed E-state index contributed by atoms with van der Waals surface area (Å²) in [5.74, 6) is 0.179. The number of ketones is 1. The maximum absolute atomic E-state index is 12.5. The summed E-state index contributed by atoms with van der Waals surface area (Å²) in [6, 6.07) is 5.75. The minimum absolute atomic E-state index is 0.0383. The molecule has 0 amide bonds. The second kappa shape index (κ2) is 5.67. The van der Waals surface area contributed by atoms with Crippen molar-refractivity contribution < 1.29 is 9.90 Å². The van der Waals surface area contributed by atoms with Crippen LogP contribution in [0.25, 0.3) is 5.52 Å². The average Bonchev–Trinajstić information content (AvgIpc) is 2.80. The molecule has 0 spiro atoms. The van der Waals surface area contributed by atoms with Gasteiger partial charge in [0, 0.05) is 30.0 Å². The van der Waals surface area contributed by atoms with Crippen molar-refractivity contribution in [2.24, 2.45) is 0 Å². The third-order valence-corrected chi connectivity index (χ3v) is 3.61. The van der Waals surface area contributed by atoms with E-state index in [4.69, 9.17) is 0 Å². The molecule has 2 rings (SSSR count). The molecule has 4 heteroatoms. The number of carbonyl (C=O) groups is 1. The summed E-state index contributed by atoms with van der Waals surface area (Å²) in [7, 11) is 0. The molecule has 0 aliphatic rings. The highest BCUT2D eigenvalue weighted by molar-refractivity contribution is 6.05. The van der Waals surface area contributed by atoms with Crippen LogP contribution < -0.4 is 0 Å². The zero-order valence-electron chi connectivity index (χ0n) is 12.5. The van der Waals surface area contributed by atoms with Crippen molar-refractivity contribution in [2.75, 3.05) is 6.54 Å². The van der Waals surface area contributed by atoms with Crippen molar-refractivity contribution >= 4 is 11.3 Å². The molecule has 0 aliphatic carbocycles. The van der Waals surface area contributed by atoms with Crippen LogP contribution in [-0.2, 0) is 0 Å². The number of Topliss-reactive ketones (excluding diaryl/α,β-unsaturated/α-hetero) is 1. The molecular weight excluding hydrogens is 252 g/mol. The van der Waals surface area contributed by atoms with Crippen LogP contribution in [0, 0.1) is 0 Å². The molecule has 0 saturated carbocycles. The first kappa shape index (κ1) is 14.6. The Morgan fingerprint density at radius 3 is 2.45 bits per heavy atom. The molecule has 0 bridgehead atoms. The van der Waals surface area contributed by atoms with Crippen molar-refractivity contribution in [1.82, 2.24) is 9.30 Å². The van der Waals surface area contributed by atoms with Crippen molar-refractivity contribution in [3.8, 4) is 5.75 Å². The minimum Gasteiger partial charge on any atom is -0.506 e. The predicted molar refractivity (Wildman–Crippen MR) is 80.4 cm³/mol. The van der Waals surface area contributed by atoms with Crippen LogP contribution in [0.5, 0.6) is 5.75 Å². The molecule has 2 aromatic rings. The third-order valence-electron chi connectivity index (χ3n) is 3.61. The van der Waals surface area contributed by atoms with Gasteiger partial charge in [-0.1, -0.05) is 0 Å². The van der Waals surface area contributed by atoms with Crippen LogP contribution in [0.2, 0.25) is 0 Å². The normalized spacial score (nSPS) is 11.9. The Morgan fingerprint density at radius 1 is 1.20 bits per heavy atom. The number of hydrogen-bond donors (Lipinski definition) is 1. The molecule has 4 nitrogen and oxygen atoms in total. The van der Waals surface area contributed by atoms with Crippen molar-refractivity contribution in [3.05, 3.63) is 36.2 Å². The van der Waals surface area contributed by atoms with E-state index in [2.05, 4.69) is 32.6 Å². The second-order valence-electron chi connectivity index (χ2n) is 5.66. The van der Waals surface area contributed by atoms with Gasteiger partial charge in [-0.3, -0.25) is 9.69 Å². The first-order valence-electron chi connectivity index (χ1n) is 6.99. The molecule has 108 valence electrons. The molecule has 1 N–H and O–H groups in total. The first-order chi connectivity index (χ1) is 9.41. The van der Waals surface area contributed by atoms with Gasteiger partial charge in [0.15, 0.2) is 5.78 Å². The summed E-state index contributed by atoms with van der Waals surface area (Å²) >= 11 is 0. The summed E-state index contributed by atoms with van der Waals surface area (Å²) in [6.07, 6.45) is 3.63. The average molecular weight is 274 g/mol. The lowest BCUT2D eigenvalue weighted by Gasteiger charge is -2.29. The van der Waals surface area contributed by atoms with E-state index in [0.717, 1.165) is 0 Å². The van der Waals surface area contributed by atoms with E-state index >= 15 is 0 Å². The van der Waals surface area contributed by atoms with E-state index in [1.165, 1.54) is 0 Å². The standard InChI is InChI=1S/C16H22N2O2/c1-11(2)18(12(3)4)10-15(20)13-7-9-17-8-5-6-14(19)16(13)17/h5-9,11-12,19H,10H2,1-4H3. The zero-order chi connectivity index (χ0) is 14.9. The molecule has 20 heavy (non-hydrogen) atoms. The fourth-order valence-corrected chi connectivity index (χ4v) is 2.59. The van der Waals surface area contributed by atoms with Gasteiger partial charge in [0.05, 0.1) is 12.1 Å². The lowest BCUT2D eigenvalue weighted by Crippen LogP contribution is -2.40. The molecule has 0 fully saturated rings. The van der Waals surface area contributed by atoms with Gasteiger partial charge >= 0.3 is 0 Å². The fourth-order valence-electron chi connectivity index (χ4n) is 2.59. The van der Waals surface area contributed by atoms with E-state index < -0.39 is 0 Å². The predicted octanol–water partition coefficient (Wildman–Crippen LogP) is 2.95.